The number of hydrogen-bond donors (Lipinski definition) is 2. The predicted octanol–water partition coefficient (Wildman–Crippen LogP) is 3.64. The van der Waals surface area contributed by atoms with Gasteiger partial charge in [0.05, 0.1) is 25.4 Å². The molecule has 0 unspecified atom stereocenters. The standard InChI is InChI=1S/C26H35NO4/c28-24(20-7-2-1-3-8-20)11-10-22-23-17-19(16-21(23)18-25(22)29)6-4-5-9-26(30)27-12-14-31-15-13-27/h1-3,7-8,10-11,16,21-25,28-29H,4-6,9,12-15,17-18H2/t21-,22+,23-,24+,25+/m0/s1. The molecule has 5 nitrogen and oxygen atoms in total. The molecule has 1 aromatic rings. The molecule has 1 aliphatic heterocycles. The molecular weight excluding hydrogens is 390 g/mol. The van der Waals surface area contributed by atoms with Gasteiger partial charge in [-0.2, -0.15) is 0 Å². The Balaban J connectivity index is 1.22. The third-order valence-electron chi connectivity index (χ3n) is 7.11. The average molecular weight is 426 g/mol. The van der Waals surface area contributed by atoms with Gasteiger partial charge in [0.1, 0.15) is 0 Å². The maximum atomic E-state index is 12.3. The Hall–Kier alpha value is -1.95. The normalized spacial score (nSPS) is 29.2. The van der Waals surface area contributed by atoms with Crippen molar-refractivity contribution in [1.29, 1.82) is 0 Å². The van der Waals surface area contributed by atoms with Crippen LogP contribution in [0.3, 0.4) is 0 Å². The third-order valence-corrected chi connectivity index (χ3v) is 7.11. The summed E-state index contributed by atoms with van der Waals surface area (Å²) in [4.78, 5) is 14.2. The van der Waals surface area contributed by atoms with Crippen molar-refractivity contribution in [2.45, 2.75) is 50.7 Å². The molecule has 4 rings (SSSR count). The van der Waals surface area contributed by atoms with Crippen molar-refractivity contribution < 1.29 is 19.7 Å². The summed E-state index contributed by atoms with van der Waals surface area (Å²) >= 11 is 0. The van der Waals surface area contributed by atoms with E-state index in [1.165, 1.54) is 5.57 Å². The van der Waals surface area contributed by atoms with Gasteiger partial charge in [-0.1, -0.05) is 54.1 Å². The molecule has 2 fully saturated rings. The first-order chi connectivity index (χ1) is 15.1. The number of carbonyl (C=O) groups is 1. The average Bonchev–Trinajstić information content (AvgIpc) is 3.32. The van der Waals surface area contributed by atoms with Crippen LogP contribution in [0.5, 0.6) is 0 Å². The molecule has 168 valence electrons. The molecule has 3 aliphatic rings. The van der Waals surface area contributed by atoms with E-state index in [0.717, 1.165) is 50.8 Å². The lowest BCUT2D eigenvalue weighted by Crippen LogP contribution is -2.40. The van der Waals surface area contributed by atoms with E-state index in [0.29, 0.717) is 31.5 Å². The van der Waals surface area contributed by atoms with Crippen LogP contribution in [0.2, 0.25) is 0 Å². The van der Waals surface area contributed by atoms with Crippen LogP contribution in [0, 0.1) is 17.8 Å². The highest BCUT2D eigenvalue weighted by Gasteiger charge is 2.43. The van der Waals surface area contributed by atoms with Gasteiger partial charge in [0.15, 0.2) is 0 Å². The first-order valence-electron chi connectivity index (χ1n) is 11.8. The molecule has 1 saturated heterocycles. The number of hydrogen-bond acceptors (Lipinski definition) is 4. The number of carbonyl (C=O) groups excluding carboxylic acids is 1. The fraction of sp³-hybridized carbons (Fsp3) is 0.577. The second-order valence-electron chi connectivity index (χ2n) is 9.18. The van der Waals surface area contributed by atoms with Crippen molar-refractivity contribution in [3.8, 4) is 0 Å². The van der Waals surface area contributed by atoms with E-state index in [1.807, 2.05) is 47.4 Å². The Bertz CT molecular complexity index is 784. The summed E-state index contributed by atoms with van der Waals surface area (Å²) in [6.45, 7) is 2.77. The van der Waals surface area contributed by atoms with Crippen LogP contribution in [0.15, 0.2) is 54.1 Å². The minimum atomic E-state index is -0.634. The lowest BCUT2D eigenvalue weighted by molar-refractivity contribution is -0.135. The van der Waals surface area contributed by atoms with Gasteiger partial charge in [0.25, 0.3) is 0 Å². The molecule has 5 heteroatoms. The summed E-state index contributed by atoms with van der Waals surface area (Å²) in [5.41, 5.74) is 2.35. The molecular formula is C26H35NO4. The van der Waals surface area contributed by atoms with E-state index >= 15 is 0 Å². The van der Waals surface area contributed by atoms with Gasteiger partial charge in [0, 0.05) is 25.4 Å². The highest BCUT2D eigenvalue weighted by Crippen LogP contribution is 2.48. The maximum Gasteiger partial charge on any atom is 0.222 e. The van der Waals surface area contributed by atoms with Gasteiger partial charge in [-0.25, -0.2) is 0 Å². The third kappa shape index (κ3) is 5.65. The van der Waals surface area contributed by atoms with Gasteiger partial charge >= 0.3 is 0 Å². The number of rotatable bonds is 8. The van der Waals surface area contributed by atoms with E-state index in [1.54, 1.807) is 0 Å². The van der Waals surface area contributed by atoms with Crippen LogP contribution in [0.1, 0.15) is 50.2 Å². The number of allylic oxidation sites excluding steroid dienone is 2. The summed E-state index contributed by atoms with van der Waals surface area (Å²) in [5.74, 6) is 1.22. The minimum Gasteiger partial charge on any atom is -0.392 e. The molecule has 1 saturated carbocycles. The summed E-state index contributed by atoms with van der Waals surface area (Å²) in [6, 6.07) is 9.63. The van der Waals surface area contributed by atoms with Crippen LogP contribution in [-0.2, 0) is 9.53 Å². The first-order valence-corrected chi connectivity index (χ1v) is 11.8. The zero-order chi connectivity index (χ0) is 21.6. The maximum absolute atomic E-state index is 12.3. The molecule has 0 bridgehead atoms. The Labute approximate surface area is 185 Å². The highest BCUT2D eigenvalue weighted by molar-refractivity contribution is 5.76. The minimum absolute atomic E-state index is 0.0972. The van der Waals surface area contributed by atoms with Gasteiger partial charge in [0.2, 0.25) is 5.91 Å². The number of ether oxygens (including phenoxy) is 1. The van der Waals surface area contributed by atoms with Gasteiger partial charge in [-0.05, 0) is 49.5 Å². The summed E-state index contributed by atoms with van der Waals surface area (Å²) < 4.78 is 5.31. The Morgan fingerprint density at radius 2 is 1.97 bits per heavy atom. The first kappa shape index (κ1) is 22.3. The number of benzene rings is 1. The van der Waals surface area contributed by atoms with Gasteiger partial charge in [-0.3, -0.25) is 4.79 Å². The van der Waals surface area contributed by atoms with Crippen LogP contribution >= 0.6 is 0 Å². The number of amides is 1. The molecule has 5 atom stereocenters. The molecule has 31 heavy (non-hydrogen) atoms. The van der Waals surface area contributed by atoms with E-state index in [4.69, 9.17) is 4.74 Å². The van der Waals surface area contributed by atoms with Crippen LogP contribution in [0.4, 0.5) is 0 Å². The molecule has 1 heterocycles. The molecule has 0 radical (unpaired) electrons. The molecule has 1 aromatic carbocycles. The van der Waals surface area contributed by atoms with Gasteiger partial charge < -0.3 is 19.8 Å². The van der Waals surface area contributed by atoms with E-state index in [2.05, 4.69) is 6.08 Å². The molecule has 2 N–H and O–H groups in total. The number of morpholine rings is 1. The number of aliphatic hydroxyl groups excluding tert-OH is 2. The Kier molecular flexibility index (Phi) is 7.59. The lowest BCUT2D eigenvalue weighted by atomic mass is 9.88. The lowest BCUT2D eigenvalue weighted by Gasteiger charge is -2.26. The second kappa shape index (κ2) is 10.6. The van der Waals surface area contributed by atoms with Crippen molar-refractivity contribution in [2.75, 3.05) is 26.3 Å². The summed E-state index contributed by atoms with van der Waals surface area (Å²) in [5, 5.41) is 21.0. The second-order valence-corrected chi connectivity index (χ2v) is 9.18. The van der Waals surface area contributed by atoms with E-state index in [-0.39, 0.29) is 17.9 Å². The molecule has 1 amide bonds. The van der Waals surface area contributed by atoms with Crippen molar-refractivity contribution in [3.63, 3.8) is 0 Å². The topological polar surface area (TPSA) is 70.0 Å². The van der Waals surface area contributed by atoms with E-state index in [9.17, 15) is 15.0 Å². The quantitative estimate of drug-likeness (QED) is 0.493. The van der Waals surface area contributed by atoms with Gasteiger partial charge in [-0.15, -0.1) is 0 Å². The summed E-state index contributed by atoms with van der Waals surface area (Å²) in [6.07, 6.45) is 10.7. The molecule has 0 spiro atoms. The highest BCUT2D eigenvalue weighted by atomic mass is 16.5. The van der Waals surface area contributed by atoms with Crippen LogP contribution in [0.25, 0.3) is 0 Å². The summed E-state index contributed by atoms with van der Waals surface area (Å²) in [7, 11) is 0. The SMILES string of the molecule is O=C(CCCCC1=C[C@H]2C[C@@H](O)[C@H](C=C[C@@H](O)c3ccccc3)[C@H]2C1)N1CCOCC1. The van der Waals surface area contributed by atoms with E-state index < -0.39 is 6.10 Å². The zero-order valence-corrected chi connectivity index (χ0v) is 18.2. The largest absolute Gasteiger partial charge is 0.392 e. The van der Waals surface area contributed by atoms with Crippen LogP contribution < -0.4 is 0 Å². The number of nitrogens with zero attached hydrogens (tertiary/aromatic N) is 1. The molecule has 0 aromatic heterocycles. The van der Waals surface area contributed by atoms with Crippen molar-refractivity contribution >= 4 is 5.91 Å². The fourth-order valence-corrected chi connectivity index (χ4v) is 5.38. The predicted molar refractivity (Wildman–Crippen MR) is 120 cm³/mol. The van der Waals surface area contributed by atoms with Crippen LogP contribution in [-0.4, -0.2) is 53.4 Å². The molecule has 2 aliphatic carbocycles. The zero-order valence-electron chi connectivity index (χ0n) is 18.2. The number of aliphatic hydroxyl groups is 2. The van der Waals surface area contributed by atoms with Crippen molar-refractivity contribution in [1.82, 2.24) is 4.90 Å². The Morgan fingerprint density at radius 1 is 1.19 bits per heavy atom. The monoisotopic (exact) mass is 425 g/mol. The fourth-order valence-electron chi connectivity index (χ4n) is 5.38. The van der Waals surface area contributed by atoms with Crippen molar-refractivity contribution in [3.05, 3.63) is 59.7 Å². The van der Waals surface area contributed by atoms with Crippen molar-refractivity contribution in [2.24, 2.45) is 17.8 Å². The number of unbranched alkanes of at least 4 members (excludes halogenated alkanes) is 1. The Morgan fingerprint density at radius 3 is 2.74 bits per heavy atom. The number of fused-ring (bicyclic) bond motifs is 1. The smallest absolute Gasteiger partial charge is 0.222 e.